The highest BCUT2D eigenvalue weighted by molar-refractivity contribution is 6.17. The Hall–Kier alpha value is -0.560. The molecule has 1 atom stereocenters. The third-order valence-corrected chi connectivity index (χ3v) is 3.67. The fourth-order valence-electron chi connectivity index (χ4n) is 2.38. The average Bonchev–Trinajstić information content (AvgIpc) is 2.56. The molecule has 0 saturated heterocycles. The second-order valence-corrected chi connectivity index (χ2v) is 5.21. The highest BCUT2D eigenvalue weighted by Gasteiger charge is 2.38. The van der Waals surface area contributed by atoms with Crippen molar-refractivity contribution in [3.05, 3.63) is 22.1 Å². The van der Waals surface area contributed by atoms with E-state index in [1.807, 2.05) is 11.6 Å². The molecule has 19 heavy (non-hydrogen) atoms. The molecule has 0 aliphatic carbocycles. The maximum absolute atomic E-state index is 10.9. The van der Waals surface area contributed by atoms with Crippen LogP contribution in [0.15, 0.2) is 6.20 Å². The number of nitro groups is 1. The Morgan fingerprint density at radius 1 is 1.58 bits per heavy atom. The Labute approximate surface area is 129 Å². The molecule has 1 aliphatic rings. The minimum absolute atomic E-state index is 0. The van der Waals surface area contributed by atoms with Crippen molar-refractivity contribution in [2.45, 2.75) is 13.1 Å². The molecule has 2 rings (SSSR count). The largest absolute Gasteiger partial charge is 1.00 e. The van der Waals surface area contributed by atoms with Gasteiger partial charge in [0.05, 0.1) is 26.5 Å². The van der Waals surface area contributed by atoms with E-state index in [4.69, 9.17) is 11.6 Å². The number of rotatable bonds is 3. The number of aromatic nitrogens is 2. The normalized spacial score (nSPS) is 21.0. The van der Waals surface area contributed by atoms with E-state index in [0.29, 0.717) is 12.4 Å². The van der Waals surface area contributed by atoms with E-state index in [9.17, 15) is 10.1 Å². The summed E-state index contributed by atoms with van der Waals surface area (Å²) in [5, 5.41) is 10.9. The number of halogens is 3. The van der Waals surface area contributed by atoms with Crippen molar-refractivity contribution < 1.29 is 38.8 Å². The summed E-state index contributed by atoms with van der Waals surface area (Å²) >= 11 is 5.81. The van der Waals surface area contributed by atoms with Gasteiger partial charge in [-0.1, -0.05) is 0 Å². The molecule has 9 heteroatoms. The SMILES string of the molecule is C[n+]1cc([N+](=O)[O-])n2c1C[N+](C)(CCCl)CC2.[Cl-].[Cl-]. The lowest BCUT2D eigenvalue weighted by Gasteiger charge is -2.34. The first-order valence-electron chi connectivity index (χ1n) is 5.59. The number of fused-ring (bicyclic) bond motifs is 1. The lowest BCUT2D eigenvalue weighted by Crippen LogP contribution is -3.00. The maximum Gasteiger partial charge on any atom is 0.365 e. The average molecular weight is 332 g/mol. The summed E-state index contributed by atoms with van der Waals surface area (Å²) in [5.74, 6) is 1.79. The zero-order valence-corrected chi connectivity index (χ0v) is 13.1. The molecule has 1 aliphatic heterocycles. The summed E-state index contributed by atoms with van der Waals surface area (Å²) in [7, 11) is 4.00. The summed E-state index contributed by atoms with van der Waals surface area (Å²) in [4.78, 5) is 10.6. The molecule has 1 aromatic rings. The molecule has 1 aromatic heterocycles. The van der Waals surface area contributed by atoms with Gasteiger partial charge in [-0.25, -0.2) is 4.57 Å². The molecule has 0 amide bonds. The third-order valence-electron chi connectivity index (χ3n) is 3.50. The molecule has 0 spiro atoms. The van der Waals surface area contributed by atoms with Crippen molar-refractivity contribution in [2.24, 2.45) is 7.05 Å². The first-order valence-corrected chi connectivity index (χ1v) is 6.12. The molecule has 0 N–H and O–H groups in total. The van der Waals surface area contributed by atoms with E-state index < -0.39 is 0 Å². The van der Waals surface area contributed by atoms with Crippen molar-refractivity contribution in [2.75, 3.05) is 26.0 Å². The Kier molecular flexibility index (Phi) is 6.54. The van der Waals surface area contributed by atoms with Crippen LogP contribution in [0.5, 0.6) is 0 Å². The lowest BCUT2D eigenvalue weighted by molar-refractivity contribution is -0.933. The minimum atomic E-state index is -0.319. The van der Waals surface area contributed by atoms with Gasteiger partial charge in [0.25, 0.3) is 0 Å². The van der Waals surface area contributed by atoms with E-state index in [1.165, 1.54) is 0 Å². The molecule has 0 bridgehead atoms. The third kappa shape index (κ3) is 3.51. The van der Waals surface area contributed by atoms with E-state index in [2.05, 4.69) is 7.05 Å². The van der Waals surface area contributed by atoms with Gasteiger partial charge in [0, 0.05) is 0 Å². The summed E-state index contributed by atoms with van der Waals surface area (Å²) in [6.45, 7) is 3.24. The van der Waals surface area contributed by atoms with Crippen LogP contribution in [0, 0.1) is 10.1 Å². The van der Waals surface area contributed by atoms with Gasteiger partial charge in [-0.2, -0.15) is 4.57 Å². The number of aryl methyl sites for hydroxylation is 1. The lowest BCUT2D eigenvalue weighted by atomic mass is 10.3. The van der Waals surface area contributed by atoms with Crippen molar-refractivity contribution in [1.82, 2.24) is 4.57 Å². The van der Waals surface area contributed by atoms with Crippen molar-refractivity contribution in [3.8, 4) is 0 Å². The molecular weight excluding hydrogens is 314 g/mol. The second-order valence-electron chi connectivity index (χ2n) is 4.84. The summed E-state index contributed by atoms with van der Waals surface area (Å²) < 4.78 is 4.49. The molecular formula is C10H17Cl3N4O2. The van der Waals surface area contributed by atoms with E-state index in [0.717, 1.165) is 29.9 Å². The van der Waals surface area contributed by atoms with Crippen molar-refractivity contribution in [3.63, 3.8) is 0 Å². The van der Waals surface area contributed by atoms with E-state index in [-0.39, 0.29) is 35.6 Å². The highest BCUT2D eigenvalue weighted by atomic mass is 35.5. The molecule has 110 valence electrons. The Morgan fingerprint density at radius 2 is 2.21 bits per heavy atom. The number of nitrogens with zero attached hydrogens (tertiary/aromatic N) is 4. The van der Waals surface area contributed by atoms with E-state index in [1.54, 1.807) is 10.8 Å². The topological polar surface area (TPSA) is 51.9 Å². The number of hydrogen-bond donors (Lipinski definition) is 0. The second kappa shape index (κ2) is 6.74. The van der Waals surface area contributed by atoms with Gasteiger partial charge in [-0.05, 0) is 4.92 Å². The van der Waals surface area contributed by atoms with Gasteiger partial charge in [0.2, 0.25) is 0 Å². The molecule has 6 nitrogen and oxygen atoms in total. The Bertz CT molecular complexity index is 466. The highest BCUT2D eigenvalue weighted by Crippen LogP contribution is 2.22. The number of hydrogen-bond acceptors (Lipinski definition) is 2. The monoisotopic (exact) mass is 330 g/mol. The number of quaternary nitrogens is 1. The smallest absolute Gasteiger partial charge is 0.365 e. The van der Waals surface area contributed by atoms with Crippen LogP contribution in [0.1, 0.15) is 5.82 Å². The summed E-state index contributed by atoms with van der Waals surface area (Å²) in [6.07, 6.45) is 1.59. The van der Waals surface area contributed by atoms with Gasteiger partial charge in [-0.15, -0.1) is 11.6 Å². The predicted octanol–water partition coefficient (Wildman–Crippen LogP) is -5.57. The van der Waals surface area contributed by atoms with Crippen LogP contribution in [-0.2, 0) is 20.1 Å². The summed E-state index contributed by atoms with van der Waals surface area (Å²) in [6, 6.07) is 0. The standard InChI is InChI=1S/C10H17ClN4O2.2ClH/c1-12-7-9(14(16)17)13-4-6-15(2,5-3-11)8-10(12)13;;/h7H,3-6,8H2,1-2H3;2*1H/q+2;;/p-2. The van der Waals surface area contributed by atoms with Gasteiger partial charge in [0.15, 0.2) is 12.7 Å². The van der Waals surface area contributed by atoms with Gasteiger partial charge in [-0.3, -0.25) is 0 Å². The summed E-state index contributed by atoms with van der Waals surface area (Å²) in [5.41, 5.74) is 0. The first kappa shape index (κ1) is 18.4. The van der Waals surface area contributed by atoms with Crippen LogP contribution in [-0.4, -0.2) is 40.0 Å². The van der Waals surface area contributed by atoms with Crippen LogP contribution in [0.2, 0.25) is 0 Å². The molecule has 0 saturated carbocycles. The molecule has 0 radical (unpaired) electrons. The Balaban J connectivity index is 0.00000162. The van der Waals surface area contributed by atoms with Gasteiger partial charge in [0.1, 0.15) is 13.1 Å². The van der Waals surface area contributed by atoms with Gasteiger partial charge >= 0.3 is 11.6 Å². The molecule has 1 unspecified atom stereocenters. The molecule has 0 aromatic carbocycles. The van der Waals surface area contributed by atoms with Crippen LogP contribution < -0.4 is 29.4 Å². The predicted molar refractivity (Wildman–Crippen MR) is 62.6 cm³/mol. The van der Waals surface area contributed by atoms with Crippen LogP contribution in [0.3, 0.4) is 0 Å². The maximum atomic E-state index is 10.9. The fraction of sp³-hybridized carbons (Fsp3) is 0.700. The van der Waals surface area contributed by atoms with Crippen LogP contribution >= 0.6 is 11.6 Å². The zero-order chi connectivity index (χ0) is 12.6. The zero-order valence-electron chi connectivity index (χ0n) is 10.9. The quantitative estimate of drug-likeness (QED) is 0.182. The van der Waals surface area contributed by atoms with Gasteiger partial charge < -0.3 is 39.4 Å². The minimum Gasteiger partial charge on any atom is -1.00 e. The number of likely N-dealkylation sites (N-methyl/N-ethyl adjacent to an activating group) is 1. The van der Waals surface area contributed by atoms with Crippen molar-refractivity contribution >= 4 is 17.4 Å². The molecule has 0 fully saturated rings. The number of alkyl halides is 1. The van der Waals surface area contributed by atoms with E-state index >= 15 is 0 Å². The van der Waals surface area contributed by atoms with Crippen LogP contribution in [0.25, 0.3) is 0 Å². The fourth-order valence-corrected chi connectivity index (χ4v) is 2.79. The molecule has 2 heterocycles. The first-order chi connectivity index (χ1) is 7.97. The number of imidazole rings is 1. The Morgan fingerprint density at radius 3 is 2.74 bits per heavy atom. The van der Waals surface area contributed by atoms with Crippen molar-refractivity contribution in [1.29, 1.82) is 0 Å². The van der Waals surface area contributed by atoms with Crippen LogP contribution in [0.4, 0.5) is 5.82 Å².